The van der Waals surface area contributed by atoms with Gasteiger partial charge >= 0.3 is 0 Å². The minimum absolute atomic E-state index is 0.155. The average Bonchev–Trinajstić information content (AvgIpc) is 3.67. The topological polar surface area (TPSA) is 8.17 Å². The molecule has 9 aromatic rings. The fraction of sp³-hybridized carbons (Fsp3) is 0.0588. The van der Waals surface area contributed by atoms with Gasteiger partial charge in [-0.25, -0.2) is 0 Å². The van der Waals surface area contributed by atoms with Crippen LogP contribution in [0.3, 0.4) is 0 Å². The Morgan fingerprint density at radius 1 is 0.415 bits per heavy atom. The number of para-hydroxylation sites is 3. The molecule has 1 heterocycles. The molecule has 0 saturated heterocycles. The van der Waals surface area contributed by atoms with Crippen molar-refractivity contribution in [3.05, 3.63) is 205 Å². The first kappa shape index (κ1) is 31.1. The van der Waals surface area contributed by atoms with Gasteiger partial charge in [-0.3, -0.25) is 0 Å². The average molecular weight is 679 g/mol. The number of rotatable bonds is 6. The summed E-state index contributed by atoms with van der Waals surface area (Å²) in [5.74, 6) is 0. The second-order valence-electron chi connectivity index (χ2n) is 14.6. The van der Waals surface area contributed by atoms with Gasteiger partial charge in [-0.15, -0.1) is 0 Å². The van der Waals surface area contributed by atoms with Crippen molar-refractivity contribution in [2.24, 2.45) is 0 Å². The summed E-state index contributed by atoms with van der Waals surface area (Å²) >= 11 is 0. The monoisotopic (exact) mass is 678 g/mol. The molecule has 252 valence electrons. The summed E-state index contributed by atoms with van der Waals surface area (Å²) in [5, 5.41) is 2.48. The Morgan fingerprint density at radius 3 is 1.74 bits per heavy atom. The standard InChI is InChI=1S/C51H38N2/c1-51(2)46-27-15-12-25-41(46)45-33-39(32-44(50(45)51)36-20-8-4-9-21-36)52(47-28-16-13-24-40(47)35-18-6-3-7-19-35)38-30-31-43-42-26-14-17-29-48(42)53(49(43)34-38)37-22-10-5-11-23-37/h3-34H,1-2H3. The van der Waals surface area contributed by atoms with E-state index in [4.69, 9.17) is 0 Å². The van der Waals surface area contributed by atoms with Crippen LogP contribution >= 0.6 is 0 Å². The van der Waals surface area contributed by atoms with E-state index in [0.717, 1.165) is 22.7 Å². The highest BCUT2D eigenvalue weighted by Gasteiger charge is 2.38. The molecular formula is C51H38N2. The van der Waals surface area contributed by atoms with E-state index in [-0.39, 0.29) is 5.41 Å². The molecule has 1 aromatic heterocycles. The molecule has 0 atom stereocenters. The summed E-state index contributed by atoms with van der Waals surface area (Å²) in [4.78, 5) is 2.48. The largest absolute Gasteiger partial charge is 0.310 e. The lowest BCUT2D eigenvalue weighted by molar-refractivity contribution is 0.662. The molecule has 2 nitrogen and oxygen atoms in total. The highest BCUT2D eigenvalue weighted by molar-refractivity contribution is 6.10. The van der Waals surface area contributed by atoms with Gasteiger partial charge in [0.2, 0.25) is 0 Å². The van der Waals surface area contributed by atoms with Crippen LogP contribution in [-0.2, 0) is 5.41 Å². The first-order valence-electron chi connectivity index (χ1n) is 18.4. The van der Waals surface area contributed by atoms with Gasteiger partial charge < -0.3 is 9.47 Å². The quantitative estimate of drug-likeness (QED) is 0.170. The zero-order valence-corrected chi connectivity index (χ0v) is 29.9. The van der Waals surface area contributed by atoms with Crippen molar-refractivity contribution in [3.63, 3.8) is 0 Å². The van der Waals surface area contributed by atoms with Gasteiger partial charge in [0.1, 0.15) is 0 Å². The van der Waals surface area contributed by atoms with Crippen LogP contribution in [0.15, 0.2) is 194 Å². The highest BCUT2D eigenvalue weighted by atomic mass is 15.1. The number of hydrogen-bond acceptors (Lipinski definition) is 1. The van der Waals surface area contributed by atoms with Gasteiger partial charge in [0.15, 0.2) is 0 Å². The molecule has 1 aliphatic rings. The van der Waals surface area contributed by atoms with Crippen LogP contribution in [-0.4, -0.2) is 4.57 Å². The molecule has 0 N–H and O–H groups in total. The summed E-state index contributed by atoms with van der Waals surface area (Å²) in [6.07, 6.45) is 0. The van der Waals surface area contributed by atoms with Crippen LogP contribution in [0.4, 0.5) is 17.1 Å². The van der Waals surface area contributed by atoms with Crippen molar-refractivity contribution < 1.29 is 0 Å². The number of nitrogens with zero attached hydrogens (tertiary/aromatic N) is 2. The third-order valence-corrected chi connectivity index (χ3v) is 11.1. The van der Waals surface area contributed by atoms with Crippen molar-refractivity contribution in [2.75, 3.05) is 4.90 Å². The van der Waals surface area contributed by atoms with Crippen molar-refractivity contribution in [1.82, 2.24) is 4.57 Å². The van der Waals surface area contributed by atoms with Gasteiger partial charge in [-0.1, -0.05) is 159 Å². The number of benzene rings is 8. The van der Waals surface area contributed by atoms with E-state index >= 15 is 0 Å². The maximum Gasteiger partial charge on any atom is 0.0561 e. The lowest BCUT2D eigenvalue weighted by Gasteiger charge is -2.31. The fourth-order valence-electron chi connectivity index (χ4n) is 8.80. The lowest BCUT2D eigenvalue weighted by Crippen LogP contribution is -2.17. The normalized spacial score (nSPS) is 12.9. The Kier molecular flexibility index (Phi) is 7.19. The molecule has 8 aromatic carbocycles. The van der Waals surface area contributed by atoms with Crippen molar-refractivity contribution in [3.8, 4) is 39.1 Å². The van der Waals surface area contributed by atoms with Crippen LogP contribution in [0.5, 0.6) is 0 Å². The molecule has 0 saturated carbocycles. The SMILES string of the molecule is CC1(C)c2ccccc2-c2cc(N(c3ccc4c5ccccc5n(-c5ccccc5)c4c3)c3ccccc3-c3ccccc3)cc(-c3ccccc3)c21. The van der Waals surface area contributed by atoms with E-state index in [1.807, 2.05) is 0 Å². The Morgan fingerprint density at radius 2 is 0.981 bits per heavy atom. The van der Waals surface area contributed by atoms with Gasteiger partial charge in [-0.05, 0) is 87.5 Å². The van der Waals surface area contributed by atoms with Crippen molar-refractivity contribution in [1.29, 1.82) is 0 Å². The first-order chi connectivity index (χ1) is 26.1. The molecule has 0 amide bonds. The van der Waals surface area contributed by atoms with Gasteiger partial charge in [0.05, 0.1) is 16.7 Å². The smallest absolute Gasteiger partial charge is 0.0561 e. The Bertz CT molecular complexity index is 2790. The number of aromatic nitrogens is 1. The van der Waals surface area contributed by atoms with E-state index in [1.54, 1.807) is 0 Å². The number of anilines is 3. The molecular weight excluding hydrogens is 641 g/mol. The second-order valence-corrected chi connectivity index (χ2v) is 14.6. The van der Waals surface area contributed by atoms with E-state index in [1.165, 1.54) is 66.3 Å². The molecule has 0 unspecified atom stereocenters. The van der Waals surface area contributed by atoms with Gasteiger partial charge in [0.25, 0.3) is 0 Å². The summed E-state index contributed by atoms with van der Waals surface area (Å²) in [7, 11) is 0. The molecule has 0 fully saturated rings. The predicted octanol–water partition coefficient (Wildman–Crippen LogP) is 13.9. The summed E-state index contributed by atoms with van der Waals surface area (Å²) in [6.45, 7) is 4.76. The maximum absolute atomic E-state index is 2.48. The molecule has 0 aliphatic heterocycles. The van der Waals surface area contributed by atoms with Crippen LogP contribution in [0.2, 0.25) is 0 Å². The Hall–Kier alpha value is -6.64. The molecule has 53 heavy (non-hydrogen) atoms. The molecule has 2 heteroatoms. The third-order valence-electron chi connectivity index (χ3n) is 11.1. The van der Waals surface area contributed by atoms with Gasteiger partial charge in [-0.2, -0.15) is 0 Å². The van der Waals surface area contributed by atoms with Crippen LogP contribution in [0.25, 0.3) is 60.9 Å². The third kappa shape index (κ3) is 4.94. The molecule has 0 bridgehead atoms. The Labute approximate surface area is 310 Å². The number of hydrogen-bond donors (Lipinski definition) is 0. The van der Waals surface area contributed by atoms with E-state index in [9.17, 15) is 0 Å². The zero-order valence-electron chi connectivity index (χ0n) is 29.9. The molecule has 0 radical (unpaired) electrons. The zero-order chi connectivity index (χ0) is 35.5. The van der Waals surface area contributed by atoms with Crippen LogP contribution in [0, 0.1) is 0 Å². The summed E-state index contributed by atoms with van der Waals surface area (Å²) in [6, 6.07) is 70.9. The summed E-state index contributed by atoms with van der Waals surface area (Å²) < 4.78 is 2.41. The van der Waals surface area contributed by atoms with E-state index < -0.39 is 0 Å². The van der Waals surface area contributed by atoms with Crippen LogP contribution in [0.1, 0.15) is 25.0 Å². The highest BCUT2D eigenvalue weighted by Crippen LogP contribution is 2.55. The fourth-order valence-corrected chi connectivity index (χ4v) is 8.80. The first-order valence-corrected chi connectivity index (χ1v) is 18.4. The minimum Gasteiger partial charge on any atom is -0.310 e. The van der Waals surface area contributed by atoms with Gasteiger partial charge in [0, 0.05) is 38.8 Å². The van der Waals surface area contributed by atoms with Crippen molar-refractivity contribution >= 4 is 38.9 Å². The Balaban J connectivity index is 1.30. The summed E-state index contributed by atoms with van der Waals surface area (Å²) in [5.41, 5.74) is 16.9. The number of fused-ring (bicyclic) bond motifs is 6. The maximum atomic E-state index is 2.48. The minimum atomic E-state index is -0.155. The van der Waals surface area contributed by atoms with E-state index in [2.05, 4.69) is 217 Å². The molecule has 0 spiro atoms. The predicted molar refractivity (Wildman–Crippen MR) is 224 cm³/mol. The van der Waals surface area contributed by atoms with Crippen molar-refractivity contribution in [2.45, 2.75) is 19.3 Å². The lowest BCUT2D eigenvalue weighted by atomic mass is 9.78. The van der Waals surface area contributed by atoms with Crippen LogP contribution < -0.4 is 4.90 Å². The molecule has 1 aliphatic carbocycles. The molecule has 10 rings (SSSR count). The second kappa shape index (κ2) is 12.3. The van der Waals surface area contributed by atoms with E-state index in [0.29, 0.717) is 0 Å².